The molecule has 1 aromatic carbocycles. The first-order valence-electron chi connectivity index (χ1n) is 6.70. The number of nitrogens with zero attached hydrogens (tertiary/aromatic N) is 2. The Kier molecular flexibility index (Phi) is 3.31. The third-order valence-electron chi connectivity index (χ3n) is 3.70. The molecule has 0 radical (unpaired) electrons. The molecule has 0 bridgehead atoms. The van der Waals surface area contributed by atoms with E-state index in [9.17, 15) is 4.79 Å². The SMILES string of the molecule is CCN(Cc1nc2ccccc2c(=O)[nH]1)C1CNC1. The van der Waals surface area contributed by atoms with Crippen LogP contribution < -0.4 is 10.9 Å². The highest BCUT2D eigenvalue weighted by molar-refractivity contribution is 5.77. The number of aromatic nitrogens is 2. The highest BCUT2D eigenvalue weighted by atomic mass is 16.1. The average Bonchev–Trinajstić information content (AvgIpc) is 2.36. The van der Waals surface area contributed by atoms with Crippen molar-refractivity contribution in [2.75, 3.05) is 19.6 Å². The number of nitrogens with one attached hydrogen (secondary N) is 2. The Labute approximate surface area is 111 Å². The van der Waals surface area contributed by atoms with Crippen LogP contribution in [0.1, 0.15) is 12.7 Å². The number of benzene rings is 1. The molecule has 19 heavy (non-hydrogen) atoms. The van der Waals surface area contributed by atoms with Crippen molar-refractivity contribution in [1.82, 2.24) is 20.2 Å². The van der Waals surface area contributed by atoms with Gasteiger partial charge in [0.15, 0.2) is 0 Å². The van der Waals surface area contributed by atoms with Crippen LogP contribution in [0.5, 0.6) is 0 Å². The van der Waals surface area contributed by atoms with Crippen LogP contribution in [0.15, 0.2) is 29.1 Å². The third-order valence-corrected chi connectivity index (χ3v) is 3.70. The fourth-order valence-electron chi connectivity index (χ4n) is 2.43. The summed E-state index contributed by atoms with van der Waals surface area (Å²) in [5, 5.41) is 3.92. The zero-order valence-electron chi connectivity index (χ0n) is 11.0. The second-order valence-electron chi connectivity index (χ2n) is 4.90. The fourth-order valence-corrected chi connectivity index (χ4v) is 2.43. The number of aromatic amines is 1. The van der Waals surface area contributed by atoms with Gasteiger partial charge in [0.05, 0.1) is 17.4 Å². The minimum Gasteiger partial charge on any atom is -0.314 e. The summed E-state index contributed by atoms with van der Waals surface area (Å²) in [7, 11) is 0. The zero-order valence-corrected chi connectivity index (χ0v) is 11.0. The lowest BCUT2D eigenvalue weighted by Crippen LogP contribution is -2.56. The van der Waals surface area contributed by atoms with Gasteiger partial charge >= 0.3 is 0 Å². The molecule has 0 aliphatic carbocycles. The maximum Gasteiger partial charge on any atom is 0.258 e. The Hall–Kier alpha value is -1.72. The first-order chi connectivity index (χ1) is 9.28. The Balaban J connectivity index is 1.90. The summed E-state index contributed by atoms with van der Waals surface area (Å²) in [6, 6.07) is 8.01. The van der Waals surface area contributed by atoms with Crippen molar-refractivity contribution in [3.63, 3.8) is 0 Å². The molecule has 1 aliphatic rings. The van der Waals surface area contributed by atoms with Crippen molar-refractivity contribution < 1.29 is 0 Å². The molecular weight excluding hydrogens is 240 g/mol. The highest BCUT2D eigenvalue weighted by Crippen LogP contribution is 2.10. The molecule has 1 aliphatic heterocycles. The lowest BCUT2D eigenvalue weighted by Gasteiger charge is -2.37. The summed E-state index contributed by atoms with van der Waals surface area (Å²) in [5.74, 6) is 0.748. The molecule has 0 unspecified atom stereocenters. The van der Waals surface area contributed by atoms with Crippen molar-refractivity contribution in [2.24, 2.45) is 0 Å². The maximum absolute atomic E-state index is 12.0. The first-order valence-corrected chi connectivity index (χ1v) is 6.70. The number of para-hydroxylation sites is 1. The zero-order chi connectivity index (χ0) is 13.2. The smallest absolute Gasteiger partial charge is 0.258 e. The first kappa shape index (κ1) is 12.3. The van der Waals surface area contributed by atoms with Crippen molar-refractivity contribution in [3.8, 4) is 0 Å². The Bertz CT molecular complexity index is 633. The molecule has 0 amide bonds. The number of hydrogen-bond donors (Lipinski definition) is 2. The van der Waals surface area contributed by atoms with Gasteiger partial charge in [-0.1, -0.05) is 19.1 Å². The van der Waals surface area contributed by atoms with Gasteiger partial charge in [-0.25, -0.2) is 4.98 Å². The molecule has 0 saturated carbocycles. The van der Waals surface area contributed by atoms with E-state index in [1.807, 2.05) is 18.2 Å². The monoisotopic (exact) mass is 258 g/mol. The molecule has 0 atom stereocenters. The van der Waals surface area contributed by atoms with E-state index in [2.05, 4.69) is 27.1 Å². The van der Waals surface area contributed by atoms with Crippen LogP contribution in [0.2, 0.25) is 0 Å². The van der Waals surface area contributed by atoms with Crippen LogP contribution in [0.25, 0.3) is 10.9 Å². The number of hydrogen-bond acceptors (Lipinski definition) is 4. The molecule has 2 N–H and O–H groups in total. The largest absolute Gasteiger partial charge is 0.314 e. The number of fused-ring (bicyclic) bond motifs is 1. The van der Waals surface area contributed by atoms with E-state index in [1.165, 1.54) is 0 Å². The van der Waals surface area contributed by atoms with Crippen LogP contribution in [0.4, 0.5) is 0 Å². The lowest BCUT2D eigenvalue weighted by molar-refractivity contribution is 0.142. The van der Waals surface area contributed by atoms with Crippen molar-refractivity contribution in [3.05, 3.63) is 40.4 Å². The Morgan fingerprint density at radius 3 is 2.84 bits per heavy atom. The van der Waals surface area contributed by atoms with Gasteiger partial charge in [-0.05, 0) is 18.7 Å². The quantitative estimate of drug-likeness (QED) is 0.848. The molecular formula is C14H18N4O. The standard InChI is InChI=1S/C14H18N4O/c1-2-18(10-7-15-8-10)9-13-16-12-6-4-3-5-11(12)14(19)17-13/h3-6,10,15H,2,7-9H2,1H3,(H,16,17,19). The number of rotatable bonds is 4. The van der Waals surface area contributed by atoms with Gasteiger partial charge in [0.2, 0.25) is 0 Å². The van der Waals surface area contributed by atoms with E-state index in [-0.39, 0.29) is 5.56 Å². The molecule has 0 spiro atoms. The molecule has 5 nitrogen and oxygen atoms in total. The van der Waals surface area contributed by atoms with Gasteiger partial charge in [0.1, 0.15) is 5.82 Å². The molecule has 1 fully saturated rings. The van der Waals surface area contributed by atoms with Crippen molar-refractivity contribution >= 4 is 10.9 Å². The Morgan fingerprint density at radius 1 is 1.37 bits per heavy atom. The van der Waals surface area contributed by atoms with E-state index >= 15 is 0 Å². The minimum atomic E-state index is -0.0524. The summed E-state index contributed by atoms with van der Waals surface area (Å²) < 4.78 is 0. The van der Waals surface area contributed by atoms with Gasteiger partial charge in [-0.3, -0.25) is 9.69 Å². The van der Waals surface area contributed by atoms with E-state index in [0.717, 1.165) is 31.0 Å². The summed E-state index contributed by atoms with van der Waals surface area (Å²) in [4.78, 5) is 21.8. The van der Waals surface area contributed by atoms with Gasteiger partial charge in [-0.15, -0.1) is 0 Å². The summed E-state index contributed by atoms with van der Waals surface area (Å²) in [6.07, 6.45) is 0. The van der Waals surface area contributed by atoms with Crippen LogP contribution in [0, 0.1) is 0 Å². The van der Waals surface area contributed by atoms with Crippen molar-refractivity contribution in [2.45, 2.75) is 19.5 Å². The van der Waals surface area contributed by atoms with Crippen LogP contribution in [-0.2, 0) is 6.54 Å². The van der Waals surface area contributed by atoms with Gasteiger partial charge in [0, 0.05) is 19.1 Å². The van der Waals surface area contributed by atoms with Crippen LogP contribution in [-0.4, -0.2) is 40.5 Å². The fraction of sp³-hybridized carbons (Fsp3) is 0.429. The van der Waals surface area contributed by atoms with Crippen LogP contribution >= 0.6 is 0 Å². The molecule has 5 heteroatoms. The van der Waals surface area contributed by atoms with Gasteiger partial charge in [0.25, 0.3) is 5.56 Å². The van der Waals surface area contributed by atoms with Crippen LogP contribution in [0.3, 0.4) is 0 Å². The number of likely N-dealkylation sites (N-methyl/N-ethyl adjacent to an activating group) is 1. The minimum absolute atomic E-state index is 0.0524. The lowest BCUT2D eigenvalue weighted by atomic mass is 10.1. The summed E-state index contributed by atoms with van der Waals surface area (Å²) >= 11 is 0. The highest BCUT2D eigenvalue weighted by Gasteiger charge is 2.23. The van der Waals surface area contributed by atoms with E-state index in [0.29, 0.717) is 18.0 Å². The molecule has 100 valence electrons. The van der Waals surface area contributed by atoms with Crippen molar-refractivity contribution in [1.29, 1.82) is 0 Å². The Morgan fingerprint density at radius 2 is 2.16 bits per heavy atom. The number of H-pyrrole nitrogens is 1. The molecule has 1 saturated heterocycles. The third kappa shape index (κ3) is 2.39. The molecule has 2 heterocycles. The van der Waals surface area contributed by atoms with Gasteiger partial charge in [-0.2, -0.15) is 0 Å². The van der Waals surface area contributed by atoms with E-state index < -0.39 is 0 Å². The normalized spacial score (nSPS) is 15.9. The summed E-state index contributed by atoms with van der Waals surface area (Å²) in [6.45, 7) is 5.83. The van der Waals surface area contributed by atoms with Gasteiger partial charge < -0.3 is 10.3 Å². The average molecular weight is 258 g/mol. The topological polar surface area (TPSA) is 61.0 Å². The van der Waals surface area contributed by atoms with E-state index in [4.69, 9.17) is 0 Å². The maximum atomic E-state index is 12.0. The predicted molar refractivity (Wildman–Crippen MR) is 75.1 cm³/mol. The molecule has 2 aromatic rings. The summed E-state index contributed by atoms with van der Waals surface area (Å²) in [5.41, 5.74) is 0.715. The molecule has 1 aromatic heterocycles. The second kappa shape index (κ2) is 5.11. The molecule has 3 rings (SSSR count). The second-order valence-corrected chi connectivity index (χ2v) is 4.90. The predicted octanol–water partition coefficient (Wildman–Crippen LogP) is 0.717. The van der Waals surface area contributed by atoms with E-state index in [1.54, 1.807) is 6.07 Å².